The third-order valence-corrected chi connectivity index (χ3v) is 3.80. The van der Waals surface area contributed by atoms with Crippen molar-refractivity contribution in [2.45, 2.75) is 18.9 Å². The highest BCUT2D eigenvalue weighted by molar-refractivity contribution is 7.99. The summed E-state index contributed by atoms with van der Waals surface area (Å²) in [5.41, 5.74) is 0. The van der Waals surface area contributed by atoms with Gasteiger partial charge in [-0.1, -0.05) is 0 Å². The fourth-order valence-electron chi connectivity index (χ4n) is 2.58. The number of fused-ring (bicyclic) bond motifs is 1. The molecule has 2 aliphatic heterocycles. The van der Waals surface area contributed by atoms with Gasteiger partial charge in [0.15, 0.2) is 0 Å². The largest absolute Gasteiger partial charge is 0.337 e. The molecule has 0 aromatic heterocycles. The van der Waals surface area contributed by atoms with Crippen LogP contribution in [0.25, 0.3) is 0 Å². The van der Waals surface area contributed by atoms with Crippen LogP contribution in [0.15, 0.2) is 0 Å². The summed E-state index contributed by atoms with van der Waals surface area (Å²) in [4.78, 5) is 13.9. The van der Waals surface area contributed by atoms with Gasteiger partial charge < -0.3 is 10.2 Å². The number of carbonyl (C=O) groups excluding carboxylic acids is 1. The third-order valence-electron chi connectivity index (χ3n) is 3.27. The lowest BCUT2D eigenvalue weighted by molar-refractivity contribution is -0.132. The molecule has 1 amide bonds. The van der Waals surface area contributed by atoms with Gasteiger partial charge in [-0.3, -0.25) is 4.79 Å². The number of hydrogen-bond acceptors (Lipinski definition) is 3. The predicted octanol–water partition coefficient (Wildman–Crippen LogP) is 0.560. The van der Waals surface area contributed by atoms with E-state index in [-0.39, 0.29) is 0 Å². The zero-order valence-corrected chi connectivity index (χ0v) is 9.48. The highest BCUT2D eigenvalue weighted by Gasteiger charge is 2.36. The molecule has 2 rings (SSSR count). The van der Waals surface area contributed by atoms with Crippen molar-refractivity contribution in [3.05, 3.63) is 0 Å². The van der Waals surface area contributed by atoms with Crippen LogP contribution in [-0.4, -0.2) is 48.5 Å². The maximum atomic E-state index is 11.8. The number of nitrogens with zero attached hydrogens (tertiary/aromatic N) is 1. The number of thioether (sulfide) groups is 1. The molecule has 0 radical (unpaired) electrons. The van der Waals surface area contributed by atoms with Crippen LogP contribution in [0, 0.1) is 5.92 Å². The molecule has 1 N–H and O–H groups in total. The van der Waals surface area contributed by atoms with Crippen LogP contribution in [0.4, 0.5) is 0 Å². The van der Waals surface area contributed by atoms with E-state index < -0.39 is 0 Å². The number of carbonyl (C=O) groups is 1. The molecule has 2 atom stereocenters. The average molecular weight is 214 g/mol. The first-order chi connectivity index (χ1) is 6.83. The molecule has 14 heavy (non-hydrogen) atoms. The minimum Gasteiger partial charge on any atom is -0.337 e. The van der Waals surface area contributed by atoms with Crippen molar-refractivity contribution in [3.8, 4) is 0 Å². The van der Waals surface area contributed by atoms with Gasteiger partial charge in [0.1, 0.15) is 0 Å². The number of hydrogen-bond donors (Lipinski definition) is 1. The van der Waals surface area contributed by atoms with Gasteiger partial charge in [0.05, 0.1) is 5.75 Å². The maximum Gasteiger partial charge on any atom is 0.232 e. The first-order valence-corrected chi connectivity index (χ1v) is 6.71. The number of nitrogens with one attached hydrogen (secondary N) is 1. The summed E-state index contributed by atoms with van der Waals surface area (Å²) in [7, 11) is 0. The van der Waals surface area contributed by atoms with Crippen molar-refractivity contribution in [3.63, 3.8) is 0 Å². The molecule has 2 unspecified atom stereocenters. The first-order valence-electron chi connectivity index (χ1n) is 5.32. The van der Waals surface area contributed by atoms with E-state index in [0.717, 1.165) is 25.6 Å². The lowest BCUT2D eigenvalue weighted by Gasteiger charge is -2.37. The Hall–Kier alpha value is -0.220. The molecule has 80 valence electrons. The molecule has 0 aromatic carbocycles. The number of likely N-dealkylation sites (tertiary alicyclic amines) is 1. The lowest BCUT2D eigenvalue weighted by Crippen LogP contribution is -2.49. The summed E-state index contributed by atoms with van der Waals surface area (Å²) in [5, 5.41) is 3.39. The highest BCUT2D eigenvalue weighted by Crippen LogP contribution is 2.26. The zero-order chi connectivity index (χ0) is 9.97. The van der Waals surface area contributed by atoms with E-state index in [1.807, 2.05) is 6.26 Å². The molecule has 2 saturated heterocycles. The Labute approximate surface area is 89.6 Å². The maximum absolute atomic E-state index is 11.8. The second-order valence-electron chi connectivity index (χ2n) is 4.15. The molecule has 0 bridgehead atoms. The van der Waals surface area contributed by atoms with Crippen LogP contribution < -0.4 is 5.32 Å². The quantitative estimate of drug-likeness (QED) is 0.729. The second kappa shape index (κ2) is 4.53. The van der Waals surface area contributed by atoms with Gasteiger partial charge in [-0.15, -0.1) is 0 Å². The summed E-state index contributed by atoms with van der Waals surface area (Å²) in [6.45, 7) is 3.08. The normalized spacial score (nSPS) is 31.6. The van der Waals surface area contributed by atoms with E-state index in [2.05, 4.69) is 10.2 Å². The van der Waals surface area contributed by atoms with Crippen molar-refractivity contribution in [1.29, 1.82) is 0 Å². The molecular formula is C10H18N2OS. The van der Waals surface area contributed by atoms with Crippen LogP contribution >= 0.6 is 11.8 Å². The van der Waals surface area contributed by atoms with Crippen LogP contribution in [0.2, 0.25) is 0 Å². The van der Waals surface area contributed by atoms with Crippen molar-refractivity contribution >= 4 is 17.7 Å². The minimum atomic E-state index is 0.330. The Morgan fingerprint density at radius 2 is 2.43 bits per heavy atom. The van der Waals surface area contributed by atoms with Crippen LogP contribution in [0.1, 0.15) is 12.8 Å². The Kier molecular flexibility index (Phi) is 3.34. The standard InChI is InChI=1S/C10H18N2OS/c1-14-7-10(13)12-4-2-3-8-5-11-6-9(8)12/h8-9,11H,2-7H2,1H3. The van der Waals surface area contributed by atoms with Gasteiger partial charge in [-0.05, 0) is 25.0 Å². The van der Waals surface area contributed by atoms with Gasteiger partial charge in [-0.25, -0.2) is 0 Å². The summed E-state index contributed by atoms with van der Waals surface area (Å²) in [6, 6.07) is 0.489. The topological polar surface area (TPSA) is 32.3 Å². The summed E-state index contributed by atoms with van der Waals surface area (Å²) >= 11 is 1.63. The van der Waals surface area contributed by atoms with Crippen molar-refractivity contribution < 1.29 is 4.79 Å². The minimum absolute atomic E-state index is 0.330. The van der Waals surface area contributed by atoms with E-state index in [4.69, 9.17) is 0 Å². The average Bonchev–Trinajstić information content (AvgIpc) is 2.65. The van der Waals surface area contributed by atoms with Gasteiger partial charge in [0, 0.05) is 25.7 Å². The Balaban J connectivity index is 1.99. The molecule has 0 aromatic rings. The Morgan fingerprint density at radius 3 is 3.21 bits per heavy atom. The number of piperidine rings is 1. The third kappa shape index (κ3) is 1.91. The SMILES string of the molecule is CSCC(=O)N1CCCC2CNCC21. The molecule has 3 nitrogen and oxygen atoms in total. The summed E-state index contributed by atoms with van der Waals surface area (Å²) in [5.74, 6) is 1.69. The summed E-state index contributed by atoms with van der Waals surface area (Å²) < 4.78 is 0. The van der Waals surface area contributed by atoms with E-state index in [1.54, 1.807) is 11.8 Å². The summed E-state index contributed by atoms with van der Waals surface area (Å²) in [6.07, 6.45) is 4.47. The number of rotatable bonds is 2. The molecule has 4 heteroatoms. The number of amides is 1. The highest BCUT2D eigenvalue weighted by atomic mass is 32.2. The zero-order valence-electron chi connectivity index (χ0n) is 8.66. The van der Waals surface area contributed by atoms with Crippen molar-refractivity contribution in [1.82, 2.24) is 10.2 Å². The van der Waals surface area contributed by atoms with E-state index >= 15 is 0 Å². The molecule has 2 aliphatic rings. The smallest absolute Gasteiger partial charge is 0.232 e. The molecule has 0 spiro atoms. The molecule has 2 heterocycles. The molecular weight excluding hydrogens is 196 g/mol. The molecule has 0 saturated carbocycles. The van der Waals surface area contributed by atoms with Gasteiger partial charge in [0.25, 0.3) is 0 Å². The van der Waals surface area contributed by atoms with Crippen LogP contribution in [0.5, 0.6) is 0 Å². The van der Waals surface area contributed by atoms with E-state index in [1.165, 1.54) is 12.8 Å². The van der Waals surface area contributed by atoms with Gasteiger partial charge in [0.2, 0.25) is 5.91 Å². The first kappa shape index (κ1) is 10.3. The second-order valence-corrected chi connectivity index (χ2v) is 5.01. The Bertz CT molecular complexity index is 222. The van der Waals surface area contributed by atoms with Crippen LogP contribution in [0.3, 0.4) is 0 Å². The molecule has 2 fully saturated rings. The van der Waals surface area contributed by atoms with Crippen molar-refractivity contribution in [2.24, 2.45) is 5.92 Å². The van der Waals surface area contributed by atoms with E-state index in [0.29, 0.717) is 17.7 Å². The van der Waals surface area contributed by atoms with Crippen molar-refractivity contribution in [2.75, 3.05) is 31.6 Å². The molecule has 0 aliphatic carbocycles. The van der Waals surface area contributed by atoms with Gasteiger partial charge in [-0.2, -0.15) is 11.8 Å². The fourth-order valence-corrected chi connectivity index (χ4v) is 3.00. The fraction of sp³-hybridized carbons (Fsp3) is 0.900. The Morgan fingerprint density at radius 1 is 1.57 bits per heavy atom. The van der Waals surface area contributed by atoms with Gasteiger partial charge >= 0.3 is 0 Å². The lowest BCUT2D eigenvalue weighted by atomic mass is 9.92. The monoisotopic (exact) mass is 214 g/mol. The van der Waals surface area contributed by atoms with Crippen LogP contribution in [-0.2, 0) is 4.79 Å². The predicted molar refractivity (Wildman–Crippen MR) is 59.5 cm³/mol. The van der Waals surface area contributed by atoms with E-state index in [9.17, 15) is 4.79 Å².